The number of rotatable bonds is 2. The van der Waals surface area contributed by atoms with Gasteiger partial charge in [-0.3, -0.25) is 4.79 Å². The Morgan fingerprint density at radius 3 is 2.32 bits per heavy atom. The number of halogens is 2. The normalized spacial score (nSPS) is 11.0. The van der Waals surface area contributed by atoms with Crippen molar-refractivity contribution in [1.29, 1.82) is 0 Å². The van der Waals surface area contributed by atoms with Crippen LogP contribution in [-0.2, 0) is 0 Å². The van der Waals surface area contributed by atoms with E-state index in [4.69, 9.17) is 0 Å². The SMILES string of the molecule is O=c1[nH]c(-c2ccc(-c3ccc(F)cc3F)cc2)nc2ccccc12. The molecular formula is C20H12F2N2O. The summed E-state index contributed by atoms with van der Waals surface area (Å²) in [5.74, 6) is -0.796. The molecule has 4 rings (SSSR count). The van der Waals surface area contributed by atoms with Gasteiger partial charge < -0.3 is 4.98 Å². The monoisotopic (exact) mass is 334 g/mol. The average Bonchev–Trinajstić information content (AvgIpc) is 2.62. The van der Waals surface area contributed by atoms with E-state index in [1.54, 1.807) is 42.5 Å². The number of nitrogens with one attached hydrogen (secondary N) is 1. The Labute approximate surface area is 141 Å². The van der Waals surface area contributed by atoms with Crippen LogP contribution in [0.2, 0.25) is 0 Å². The third kappa shape index (κ3) is 2.80. The standard InChI is InChI=1S/C20H12F2N2O/c21-14-9-10-15(17(22)11-14)12-5-7-13(8-6-12)19-23-18-4-2-1-3-16(18)20(25)24-19/h1-11H,(H,23,24,25). The molecule has 0 atom stereocenters. The van der Waals surface area contributed by atoms with Crippen molar-refractivity contribution >= 4 is 10.9 Å². The molecular weight excluding hydrogens is 322 g/mol. The highest BCUT2D eigenvalue weighted by Crippen LogP contribution is 2.26. The third-order valence-electron chi connectivity index (χ3n) is 4.01. The fourth-order valence-corrected chi connectivity index (χ4v) is 2.75. The van der Waals surface area contributed by atoms with Crippen LogP contribution in [0.1, 0.15) is 0 Å². The molecule has 1 aromatic heterocycles. The molecule has 4 aromatic rings. The van der Waals surface area contributed by atoms with E-state index in [9.17, 15) is 13.6 Å². The summed E-state index contributed by atoms with van der Waals surface area (Å²) >= 11 is 0. The van der Waals surface area contributed by atoms with Crippen LogP contribution in [0.3, 0.4) is 0 Å². The molecule has 0 saturated carbocycles. The Kier molecular flexibility index (Phi) is 3.61. The molecule has 0 amide bonds. The highest BCUT2D eigenvalue weighted by Gasteiger charge is 2.09. The predicted molar refractivity (Wildman–Crippen MR) is 93.2 cm³/mol. The van der Waals surface area contributed by atoms with Crippen LogP contribution >= 0.6 is 0 Å². The van der Waals surface area contributed by atoms with Crippen LogP contribution in [-0.4, -0.2) is 9.97 Å². The lowest BCUT2D eigenvalue weighted by Crippen LogP contribution is -2.09. The minimum absolute atomic E-state index is 0.214. The second-order valence-electron chi connectivity index (χ2n) is 5.63. The van der Waals surface area contributed by atoms with Crippen LogP contribution in [0.4, 0.5) is 8.78 Å². The van der Waals surface area contributed by atoms with E-state index in [2.05, 4.69) is 9.97 Å². The van der Waals surface area contributed by atoms with E-state index in [-0.39, 0.29) is 5.56 Å². The average molecular weight is 334 g/mol. The molecule has 5 heteroatoms. The van der Waals surface area contributed by atoms with Gasteiger partial charge in [-0.25, -0.2) is 13.8 Å². The van der Waals surface area contributed by atoms with Crippen molar-refractivity contribution in [2.24, 2.45) is 0 Å². The summed E-state index contributed by atoms with van der Waals surface area (Å²) in [6, 6.07) is 17.5. The molecule has 0 spiro atoms. The van der Waals surface area contributed by atoms with Crippen LogP contribution in [0.5, 0.6) is 0 Å². The molecule has 0 saturated heterocycles. The molecule has 3 aromatic carbocycles. The largest absolute Gasteiger partial charge is 0.306 e. The number of benzene rings is 3. The number of nitrogens with zero attached hydrogens (tertiary/aromatic N) is 1. The molecule has 25 heavy (non-hydrogen) atoms. The zero-order valence-corrected chi connectivity index (χ0v) is 13.0. The maximum Gasteiger partial charge on any atom is 0.259 e. The van der Waals surface area contributed by atoms with Crippen LogP contribution in [0, 0.1) is 11.6 Å². The summed E-state index contributed by atoms with van der Waals surface area (Å²) in [6.45, 7) is 0. The predicted octanol–water partition coefficient (Wildman–Crippen LogP) is 4.54. The van der Waals surface area contributed by atoms with Crippen molar-refractivity contribution in [3.63, 3.8) is 0 Å². The maximum atomic E-state index is 13.9. The topological polar surface area (TPSA) is 45.8 Å². The first-order valence-electron chi connectivity index (χ1n) is 7.67. The van der Waals surface area contributed by atoms with Crippen molar-refractivity contribution in [1.82, 2.24) is 9.97 Å². The van der Waals surface area contributed by atoms with Crippen molar-refractivity contribution in [2.45, 2.75) is 0 Å². The molecule has 122 valence electrons. The molecule has 0 aliphatic heterocycles. The van der Waals surface area contributed by atoms with Gasteiger partial charge in [0.1, 0.15) is 17.5 Å². The highest BCUT2D eigenvalue weighted by molar-refractivity contribution is 5.79. The van der Waals surface area contributed by atoms with Gasteiger partial charge in [0.05, 0.1) is 10.9 Å². The Balaban J connectivity index is 1.77. The molecule has 0 aliphatic rings. The Morgan fingerprint density at radius 1 is 0.840 bits per heavy atom. The summed E-state index contributed by atoms with van der Waals surface area (Å²) in [4.78, 5) is 19.4. The van der Waals surface area contributed by atoms with Crippen molar-refractivity contribution < 1.29 is 8.78 Å². The molecule has 0 aliphatic carbocycles. The Hall–Kier alpha value is -3.34. The minimum Gasteiger partial charge on any atom is -0.306 e. The van der Waals surface area contributed by atoms with Crippen LogP contribution in [0.25, 0.3) is 33.4 Å². The van der Waals surface area contributed by atoms with Gasteiger partial charge in [-0.1, -0.05) is 36.4 Å². The number of hydrogen-bond acceptors (Lipinski definition) is 2. The summed E-state index contributed by atoms with van der Waals surface area (Å²) in [5.41, 5.74) is 2.02. The van der Waals surface area contributed by atoms with Gasteiger partial charge >= 0.3 is 0 Å². The number of aromatic amines is 1. The number of hydrogen-bond donors (Lipinski definition) is 1. The quantitative estimate of drug-likeness (QED) is 0.585. The van der Waals surface area contributed by atoms with Crippen molar-refractivity contribution in [3.8, 4) is 22.5 Å². The van der Waals surface area contributed by atoms with Gasteiger partial charge in [0.15, 0.2) is 0 Å². The first-order chi connectivity index (χ1) is 12.1. The summed E-state index contributed by atoms with van der Waals surface area (Å²) in [7, 11) is 0. The lowest BCUT2D eigenvalue weighted by atomic mass is 10.0. The highest BCUT2D eigenvalue weighted by atomic mass is 19.1. The number of fused-ring (bicyclic) bond motifs is 1. The van der Waals surface area contributed by atoms with E-state index in [0.717, 1.165) is 6.07 Å². The summed E-state index contributed by atoms with van der Waals surface area (Å²) in [6.07, 6.45) is 0. The van der Waals surface area contributed by atoms with E-state index >= 15 is 0 Å². The van der Waals surface area contributed by atoms with Gasteiger partial charge in [0.25, 0.3) is 5.56 Å². The third-order valence-corrected chi connectivity index (χ3v) is 4.01. The van der Waals surface area contributed by atoms with Gasteiger partial charge in [-0.05, 0) is 29.8 Å². The fourth-order valence-electron chi connectivity index (χ4n) is 2.75. The summed E-state index contributed by atoms with van der Waals surface area (Å²) in [5, 5.41) is 0.524. The number of para-hydroxylation sites is 1. The second kappa shape index (κ2) is 5.94. The van der Waals surface area contributed by atoms with Gasteiger partial charge in [-0.2, -0.15) is 0 Å². The fraction of sp³-hybridized carbons (Fsp3) is 0. The molecule has 0 radical (unpaired) electrons. The molecule has 0 fully saturated rings. The Bertz CT molecular complexity index is 1130. The van der Waals surface area contributed by atoms with Crippen molar-refractivity contribution in [3.05, 3.63) is 88.7 Å². The Morgan fingerprint density at radius 2 is 1.56 bits per heavy atom. The first kappa shape index (κ1) is 15.2. The lowest BCUT2D eigenvalue weighted by Gasteiger charge is -2.06. The minimum atomic E-state index is -0.620. The van der Waals surface area contributed by atoms with E-state index in [1.165, 1.54) is 12.1 Å². The van der Waals surface area contributed by atoms with Gasteiger partial charge in [-0.15, -0.1) is 0 Å². The smallest absolute Gasteiger partial charge is 0.259 e. The molecule has 0 unspecified atom stereocenters. The van der Waals surface area contributed by atoms with Crippen LogP contribution < -0.4 is 5.56 Å². The summed E-state index contributed by atoms with van der Waals surface area (Å²) < 4.78 is 26.9. The molecule has 1 heterocycles. The zero-order chi connectivity index (χ0) is 17.4. The van der Waals surface area contributed by atoms with Gasteiger partial charge in [0.2, 0.25) is 0 Å². The maximum absolute atomic E-state index is 13.9. The van der Waals surface area contributed by atoms with E-state index in [1.807, 2.05) is 6.07 Å². The second-order valence-corrected chi connectivity index (χ2v) is 5.63. The number of H-pyrrole nitrogens is 1. The van der Waals surface area contributed by atoms with Crippen LogP contribution in [0.15, 0.2) is 71.5 Å². The molecule has 3 nitrogen and oxygen atoms in total. The number of aromatic nitrogens is 2. The van der Waals surface area contributed by atoms with Crippen molar-refractivity contribution in [2.75, 3.05) is 0 Å². The van der Waals surface area contributed by atoms with E-state index in [0.29, 0.717) is 33.4 Å². The van der Waals surface area contributed by atoms with E-state index < -0.39 is 11.6 Å². The zero-order valence-electron chi connectivity index (χ0n) is 13.0. The first-order valence-corrected chi connectivity index (χ1v) is 7.67. The lowest BCUT2D eigenvalue weighted by molar-refractivity contribution is 0.585. The molecule has 0 bridgehead atoms. The van der Waals surface area contributed by atoms with Gasteiger partial charge in [0, 0.05) is 17.2 Å². The molecule has 1 N–H and O–H groups in total.